The zero-order chi connectivity index (χ0) is 39.7. The summed E-state index contributed by atoms with van der Waals surface area (Å²) in [6.07, 6.45) is -0.727. The normalized spacial score (nSPS) is 14.3. The van der Waals surface area contributed by atoms with E-state index in [1.807, 2.05) is 24.3 Å². The highest BCUT2D eigenvalue weighted by Gasteiger charge is 2.33. The predicted octanol–water partition coefficient (Wildman–Crippen LogP) is -2.32. The lowest BCUT2D eigenvalue weighted by molar-refractivity contribution is -0.140. The molecule has 0 spiro atoms. The largest absolute Gasteiger partial charge is 0.481 e. The van der Waals surface area contributed by atoms with E-state index in [1.165, 1.54) is 6.92 Å². The van der Waals surface area contributed by atoms with E-state index < -0.39 is 90.4 Å². The number of carboxylic acids is 1. The van der Waals surface area contributed by atoms with Gasteiger partial charge < -0.3 is 53.6 Å². The van der Waals surface area contributed by atoms with Crippen molar-refractivity contribution in [2.45, 2.75) is 83.1 Å². The molecule has 18 nitrogen and oxygen atoms in total. The first-order chi connectivity index (χ1) is 25.1. The van der Waals surface area contributed by atoms with Crippen LogP contribution in [0.25, 0.3) is 10.8 Å². The van der Waals surface area contributed by atoms with Crippen molar-refractivity contribution in [2.24, 2.45) is 17.4 Å². The average molecular weight is 743 g/mol. The van der Waals surface area contributed by atoms with Gasteiger partial charge in [0.1, 0.15) is 24.2 Å². The highest BCUT2D eigenvalue weighted by Crippen LogP contribution is 2.17. The van der Waals surface area contributed by atoms with Gasteiger partial charge in [0, 0.05) is 19.6 Å². The molecule has 0 fully saturated rings. The van der Waals surface area contributed by atoms with Crippen molar-refractivity contribution in [3.8, 4) is 0 Å². The molecule has 6 atom stereocenters. The first kappa shape index (κ1) is 43.5. The van der Waals surface area contributed by atoms with Crippen LogP contribution in [0.3, 0.4) is 0 Å². The summed E-state index contributed by atoms with van der Waals surface area (Å²) in [6, 6.07) is 5.82. The fourth-order valence-electron chi connectivity index (χ4n) is 5.06. The number of primary amides is 1. The molecule has 2 rings (SSSR count). The van der Waals surface area contributed by atoms with E-state index in [2.05, 4.69) is 31.9 Å². The second kappa shape index (κ2) is 21.7. The lowest BCUT2D eigenvalue weighted by atomic mass is 9.98. The molecule has 53 heavy (non-hydrogen) atoms. The number of nitrogens with two attached hydrogens (primary N) is 2. The Bertz CT molecular complexity index is 1640. The van der Waals surface area contributed by atoms with Crippen LogP contribution in [0.2, 0.25) is 0 Å². The highest BCUT2D eigenvalue weighted by atomic mass is 16.4. The molecular weight excluding hydrogens is 692 g/mol. The van der Waals surface area contributed by atoms with Crippen LogP contribution in [0.4, 0.5) is 0 Å². The van der Waals surface area contributed by atoms with Crippen molar-refractivity contribution in [1.29, 1.82) is 0 Å². The minimum Gasteiger partial charge on any atom is -0.481 e. The van der Waals surface area contributed by atoms with Crippen molar-refractivity contribution >= 4 is 58.1 Å². The summed E-state index contributed by atoms with van der Waals surface area (Å²) in [6.45, 7) is 4.53. The lowest BCUT2D eigenvalue weighted by Crippen LogP contribution is -2.59. The molecule has 2 aromatic carbocycles. The molecule has 0 aliphatic rings. The standard InChI is InChI=1S/C35H50N8O10/c1-4-19(2)30(35(53)39-18-28(46)38-12-7-13-44)43-31(49)20(3)40-33(51)26(17-27(37)45)42-34(52)25(41-32(50)24(36)16-29(47)48)15-21-10-11-22-8-5-6-9-23(22)14-21/h5-6,8-11,14,19-20,24-26,30,44H,4,7,12-13,15-18,36H2,1-3H3,(H2,37,45)(H,38,46)(H,39,53)(H,40,51)(H,41,50)(H,42,52)(H,43,49)(H,47,48)/t19-,20-,24-,25-,26-,30-/m0/s1. The third-order valence-corrected chi connectivity index (χ3v) is 8.28. The van der Waals surface area contributed by atoms with Gasteiger partial charge in [-0.15, -0.1) is 0 Å². The van der Waals surface area contributed by atoms with Gasteiger partial charge in [-0.05, 0) is 35.6 Å². The minimum absolute atomic E-state index is 0.116. The number of carbonyl (C=O) groups excluding carboxylic acids is 7. The van der Waals surface area contributed by atoms with Crippen molar-refractivity contribution in [3.63, 3.8) is 0 Å². The fourth-order valence-corrected chi connectivity index (χ4v) is 5.06. The van der Waals surface area contributed by atoms with E-state index in [9.17, 15) is 38.4 Å². The van der Waals surface area contributed by atoms with E-state index in [0.29, 0.717) is 18.4 Å². The quantitative estimate of drug-likeness (QED) is 0.0571. The number of nitrogens with one attached hydrogen (secondary N) is 6. The SMILES string of the molecule is CC[C@H](C)[C@H](NC(=O)[C@H](C)NC(=O)[C@H](CC(N)=O)NC(=O)[C@H](Cc1ccc2ccccc2c1)NC(=O)[C@@H](N)CC(=O)O)C(=O)NCC(=O)NCCCO. The molecule has 12 N–H and O–H groups in total. The molecule has 0 saturated carbocycles. The Hall–Kier alpha value is -5.62. The Labute approximate surface area is 306 Å². The molecule has 0 radical (unpaired) electrons. The number of hydrogen-bond acceptors (Lipinski definition) is 10. The number of aliphatic hydroxyl groups excluding tert-OH is 1. The summed E-state index contributed by atoms with van der Waals surface area (Å²) in [5.41, 5.74) is 11.7. The molecule has 7 amide bonds. The molecule has 2 aromatic rings. The fraction of sp³-hybridized carbons (Fsp3) is 0.486. The second-order valence-corrected chi connectivity index (χ2v) is 12.6. The van der Waals surface area contributed by atoms with Gasteiger partial charge in [-0.2, -0.15) is 0 Å². The molecule has 0 aliphatic heterocycles. The van der Waals surface area contributed by atoms with E-state index in [1.54, 1.807) is 32.0 Å². The predicted molar refractivity (Wildman–Crippen MR) is 192 cm³/mol. The van der Waals surface area contributed by atoms with E-state index in [4.69, 9.17) is 21.7 Å². The van der Waals surface area contributed by atoms with E-state index >= 15 is 0 Å². The van der Waals surface area contributed by atoms with Gasteiger partial charge in [0.15, 0.2) is 0 Å². The van der Waals surface area contributed by atoms with Crippen LogP contribution < -0.4 is 43.4 Å². The van der Waals surface area contributed by atoms with Gasteiger partial charge in [0.25, 0.3) is 0 Å². The highest BCUT2D eigenvalue weighted by molar-refractivity contribution is 5.98. The third kappa shape index (κ3) is 14.9. The minimum atomic E-state index is -1.61. The van der Waals surface area contributed by atoms with Crippen LogP contribution in [0.15, 0.2) is 42.5 Å². The number of aliphatic carboxylic acids is 1. The number of carbonyl (C=O) groups is 8. The summed E-state index contributed by atoms with van der Waals surface area (Å²) in [5.74, 6) is -7.50. The molecule has 0 saturated heterocycles. The van der Waals surface area contributed by atoms with Crippen molar-refractivity contribution in [2.75, 3.05) is 19.7 Å². The van der Waals surface area contributed by atoms with Crippen LogP contribution in [-0.4, -0.2) is 107 Å². The number of hydrogen-bond donors (Lipinski definition) is 10. The molecule has 0 aromatic heterocycles. The molecule has 0 bridgehead atoms. The third-order valence-electron chi connectivity index (χ3n) is 8.28. The molecule has 0 unspecified atom stereocenters. The van der Waals surface area contributed by atoms with Gasteiger partial charge in [-0.1, -0.05) is 62.7 Å². The Morgan fingerprint density at radius 2 is 1.40 bits per heavy atom. The maximum absolute atomic E-state index is 13.6. The number of rotatable bonds is 22. The number of aliphatic hydroxyl groups is 1. The average Bonchev–Trinajstić information content (AvgIpc) is 3.11. The zero-order valence-corrected chi connectivity index (χ0v) is 30.0. The van der Waals surface area contributed by atoms with Crippen LogP contribution in [0, 0.1) is 5.92 Å². The molecular formula is C35H50N8O10. The van der Waals surface area contributed by atoms with E-state index in [0.717, 1.165) is 10.8 Å². The van der Waals surface area contributed by atoms with Gasteiger partial charge in [0.05, 0.1) is 25.4 Å². The summed E-state index contributed by atoms with van der Waals surface area (Å²) in [7, 11) is 0. The Morgan fingerprint density at radius 3 is 2.02 bits per heavy atom. The molecule has 0 heterocycles. The van der Waals surface area contributed by atoms with Crippen molar-refractivity contribution in [3.05, 3.63) is 48.0 Å². The molecule has 18 heteroatoms. The van der Waals surface area contributed by atoms with Crippen LogP contribution in [-0.2, 0) is 44.8 Å². The maximum Gasteiger partial charge on any atom is 0.305 e. The second-order valence-electron chi connectivity index (χ2n) is 12.6. The summed E-state index contributed by atoms with van der Waals surface area (Å²) in [4.78, 5) is 101. The maximum atomic E-state index is 13.6. The van der Waals surface area contributed by atoms with Gasteiger partial charge >= 0.3 is 5.97 Å². The number of benzene rings is 2. The lowest BCUT2D eigenvalue weighted by Gasteiger charge is -2.27. The first-order valence-electron chi connectivity index (χ1n) is 17.2. The summed E-state index contributed by atoms with van der Waals surface area (Å²) < 4.78 is 0. The first-order valence-corrected chi connectivity index (χ1v) is 17.2. The zero-order valence-electron chi connectivity index (χ0n) is 30.0. The number of carboxylic acid groups (broad SMARTS) is 1. The van der Waals surface area contributed by atoms with Crippen LogP contribution >= 0.6 is 0 Å². The Morgan fingerprint density at radius 1 is 0.755 bits per heavy atom. The molecule has 290 valence electrons. The van der Waals surface area contributed by atoms with Gasteiger partial charge in [0.2, 0.25) is 41.4 Å². The number of amides is 7. The van der Waals surface area contributed by atoms with E-state index in [-0.39, 0.29) is 32.0 Å². The summed E-state index contributed by atoms with van der Waals surface area (Å²) >= 11 is 0. The van der Waals surface area contributed by atoms with Gasteiger partial charge in [-0.25, -0.2) is 0 Å². The monoisotopic (exact) mass is 742 g/mol. The summed E-state index contributed by atoms with van der Waals surface area (Å²) in [5, 5.41) is 34.5. The topological polar surface area (TPSA) is 301 Å². The Kier molecular flexibility index (Phi) is 17.8. The van der Waals surface area contributed by atoms with Crippen molar-refractivity contribution < 1.29 is 48.6 Å². The smallest absolute Gasteiger partial charge is 0.305 e. The van der Waals surface area contributed by atoms with Crippen molar-refractivity contribution in [1.82, 2.24) is 31.9 Å². The Balaban J connectivity index is 2.21. The number of fused-ring (bicyclic) bond motifs is 1. The van der Waals surface area contributed by atoms with Crippen LogP contribution in [0.1, 0.15) is 52.0 Å². The molecule has 0 aliphatic carbocycles. The van der Waals surface area contributed by atoms with Gasteiger partial charge in [-0.3, -0.25) is 38.4 Å². The van der Waals surface area contributed by atoms with Crippen LogP contribution in [0.5, 0.6) is 0 Å².